The van der Waals surface area contributed by atoms with Gasteiger partial charge in [0.2, 0.25) is 0 Å². The zero-order valence-electron chi connectivity index (χ0n) is 11.1. The van der Waals surface area contributed by atoms with Crippen molar-refractivity contribution in [3.05, 3.63) is 71.3 Å². The van der Waals surface area contributed by atoms with E-state index in [9.17, 15) is 5.11 Å². The molecule has 0 aromatic heterocycles. The molecule has 1 nitrogen and oxygen atoms in total. The van der Waals surface area contributed by atoms with Crippen molar-refractivity contribution >= 4 is 0 Å². The third-order valence-electron chi connectivity index (χ3n) is 3.21. The molecule has 0 atom stereocenters. The van der Waals surface area contributed by atoms with Gasteiger partial charge in [-0.1, -0.05) is 54.6 Å². The number of hydrogen-bond acceptors (Lipinski definition) is 1. The lowest BCUT2D eigenvalue weighted by atomic mass is 9.96. The average molecular weight is 240 g/mol. The molecule has 2 aromatic rings. The van der Waals surface area contributed by atoms with E-state index in [0.717, 1.165) is 18.4 Å². The molecule has 0 saturated carbocycles. The summed E-state index contributed by atoms with van der Waals surface area (Å²) in [4.78, 5) is 0. The van der Waals surface area contributed by atoms with Crippen molar-refractivity contribution in [3.8, 4) is 0 Å². The number of rotatable bonds is 4. The second-order valence-electron chi connectivity index (χ2n) is 5.24. The van der Waals surface area contributed by atoms with Crippen molar-refractivity contribution in [2.45, 2.75) is 32.3 Å². The smallest absolute Gasteiger partial charge is 0.0840 e. The van der Waals surface area contributed by atoms with Crippen LogP contribution in [0.5, 0.6) is 0 Å². The normalized spacial score (nSPS) is 11.5. The summed E-state index contributed by atoms with van der Waals surface area (Å²) in [6, 6.07) is 18.8. The summed E-state index contributed by atoms with van der Waals surface area (Å²) in [5.41, 5.74) is 2.89. The predicted molar refractivity (Wildman–Crippen MR) is 75.5 cm³/mol. The van der Waals surface area contributed by atoms with Crippen LogP contribution in [0.2, 0.25) is 0 Å². The Balaban J connectivity index is 1.99. The molecule has 0 unspecified atom stereocenters. The molecule has 0 bridgehead atoms. The van der Waals surface area contributed by atoms with Gasteiger partial charge in [0, 0.05) is 0 Å². The number of hydrogen-bond donors (Lipinski definition) is 1. The van der Waals surface area contributed by atoms with Gasteiger partial charge in [0.15, 0.2) is 0 Å². The van der Waals surface area contributed by atoms with E-state index in [1.807, 2.05) is 32.0 Å². The summed E-state index contributed by atoms with van der Waals surface area (Å²) >= 11 is 0. The lowest BCUT2D eigenvalue weighted by Crippen LogP contribution is -2.15. The van der Waals surface area contributed by atoms with Crippen molar-refractivity contribution in [1.82, 2.24) is 0 Å². The van der Waals surface area contributed by atoms with Gasteiger partial charge in [-0.05, 0) is 43.4 Å². The molecular weight excluding hydrogens is 220 g/mol. The fraction of sp³-hybridized carbons (Fsp3) is 0.294. The van der Waals surface area contributed by atoms with Crippen LogP contribution in [0.1, 0.15) is 30.5 Å². The van der Waals surface area contributed by atoms with E-state index in [-0.39, 0.29) is 0 Å². The molecule has 0 saturated heterocycles. The van der Waals surface area contributed by atoms with E-state index in [4.69, 9.17) is 0 Å². The molecular formula is C17H20O. The second kappa shape index (κ2) is 5.36. The maximum absolute atomic E-state index is 9.89. The second-order valence-corrected chi connectivity index (χ2v) is 5.24. The number of aliphatic hydroxyl groups is 1. The topological polar surface area (TPSA) is 20.2 Å². The molecule has 18 heavy (non-hydrogen) atoms. The van der Waals surface area contributed by atoms with E-state index in [2.05, 4.69) is 36.4 Å². The monoisotopic (exact) mass is 240 g/mol. The van der Waals surface area contributed by atoms with Crippen LogP contribution >= 0.6 is 0 Å². The maximum Gasteiger partial charge on any atom is 0.0840 e. The SMILES string of the molecule is CC(C)(O)c1ccc(CCc2ccccc2)cc1. The molecule has 0 spiro atoms. The summed E-state index contributed by atoms with van der Waals surface area (Å²) < 4.78 is 0. The molecule has 2 aromatic carbocycles. The highest BCUT2D eigenvalue weighted by Crippen LogP contribution is 2.20. The van der Waals surface area contributed by atoms with Gasteiger partial charge in [-0.25, -0.2) is 0 Å². The summed E-state index contributed by atoms with van der Waals surface area (Å²) in [5.74, 6) is 0. The Morgan fingerprint density at radius 3 is 1.78 bits per heavy atom. The van der Waals surface area contributed by atoms with E-state index in [0.29, 0.717) is 0 Å². The first-order valence-corrected chi connectivity index (χ1v) is 6.41. The minimum absolute atomic E-state index is 0.752. The minimum atomic E-state index is -0.752. The fourth-order valence-corrected chi connectivity index (χ4v) is 2.01. The highest BCUT2D eigenvalue weighted by molar-refractivity contribution is 5.27. The fourth-order valence-electron chi connectivity index (χ4n) is 2.01. The average Bonchev–Trinajstić information content (AvgIpc) is 2.37. The molecule has 94 valence electrons. The lowest BCUT2D eigenvalue weighted by molar-refractivity contribution is 0.0786. The van der Waals surface area contributed by atoms with Crippen LogP contribution in [0, 0.1) is 0 Å². The largest absolute Gasteiger partial charge is 0.386 e. The Bertz CT molecular complexity index is 477. The number of benzene rings is 2. The van der Waals surface area contributed by atoms with Crippen LogP contribution in [-0.2, 0) is 18.4 Å². The van der Waals surface area contributed by atoms with Gasteiger partial charge in [-0.2, -0.15) is 0 Å². The van der Waals surface area contributed by atoms with Crippen molar-refractivity contribution in [3.63, 3.8) is 0 Å². The van der Waals surface area contributed by atoms with Crippen molar-refractivity contribution in [2.24, 2.45) is 0 Å². The summed E-state index contributed by atoms with van der Waals surface area (Å²) in [7, 11) is 0. The van der Waals surface area contributed by atoms with Crippen LogP contribution in [0.15, 0.2) is 54.6 Å². The Labute approximate surface area is 109 Å². The van der Waals surface area contributed by atoms with Crippen molar-refractivity contribution in [1.29, 1.82) is 0 Å². The van der Waals surface area contributed by atoms with Gasteiger partial charge in [0.25, 0.3) is 0 Å². The maximum atomic E-state index is 9.89. The summed E-state index contributed by atoms with van der Waals surface area (Å²) in [5, 5.41) is 9.89. The van der Waals surface area contributed by atoms with E-state index < -0.39 is 5.60 Å². The van der Waals surface area contributed by atoms with Gasteiger partial charge in [-0.3, -0.25) is 0 Å². The Morgan fingerprint density at radius 1 is 0.778 bits per heavy atom. The van der Waals surface area contributed by atoms with Gasteiger partial charge in [0.1, 0.15) is 0 Å². The molecule has 0 fully saturated rings. The molecule has 0 heterocycles. The first kappa shape index (κ1) is 12.8. The van der Waals surface area contributed by atoms with E-state index in [1.165, 1.54) is 11.1 Å². The van der Waals surface area contributed by atoms with Gasteiger partial charge >= 0.3 is 0 Å². The molecule has 2 rings (SSSR count). The van der Waals surface area contributed by atoms with Gasteiger partial charge < -0.3 is 5.11 Å². The highest BCUT2D eigenvalue weighted by atomic mass is 16.3. The molecule has 0 aliphatic carbocycles. The first-order valence-electron chi connectivity index (χ1n) is 6.41. The predicted octanol–water partition coefficient (Wildman–Crippen LogP) is 3.70. The molecule has 1 N–H and O–H groups in total. The quantitative estimate of drug-likeness (QED) is 0.864. The van der Waals surface area contributed by atoms with Crippen molar-refractivity contribution in [2.75, 3.05) is 0 Å². The Morgan fingerprint density at radius 2 is 1.28 bits per heavy atom. The van der Waals surface area contributed by atoms with Gasteiger partial charge in [-0.15, -0.1) is 0 Å². The zero-order valence-corrected chi connectivity index (χ0v) is 11.1. The van der Waals surface area contributed by atoms with E-state index in [1.54, 1.807) is 0 Å². The standard InChI is InChI=1S/C17H20O/c1-17(2,18)16-12-10-15(11-13-16)9-8-14-6-4-3-5-7-14/h3-7,10-13,18H,8-9H2,1-2H3. The Kier molecular flexibility index (Phi) is 3.83. The molecule has 1 heteroatoms. The van der Waals surface area contributed by atoms with Crippen LogP contribution < -0.4 is 0 Å². The van der Waals surface area contributed by atoms with Crippen LogP contribution in [-0.4, -0.2) is 5.11 Å². The third kappa shape index (κ3) is 3.44. The third-order valence-corrected chi connectivity index (χ3v) is 3.21. The molecule has 0 radical (unpaired) electrons. The van der Waals surface area contributed by atoms with E-state index >= 15 is 0 Å². The van der Waals surface area contributed by atoms with Crippen molar-refractivity contribution < 1.29 is 5.11 Å². The molecule has 0 amide bonds. The molecule has 0 aliphatic rings. The Hall–Kier alpha value is -1.60. The minimum Gasteiger partial charge on any atom is -0.386 e. The van der Waals surface area contributed by atoms with Crippen LogP contribution in [0.25, 0.3) is 0 Å². The summed E-state index contributed by atoms with van der Waals surface area (Å²) in [6.07, 6.45) is 2.10. The zero-order chi connectivity index (χ0) is 13.0. The molecule has 0 aliphatic heterocycles. The van der Waals surface area contributed by atoms with Gasteiger partial charge in [0.05, 0.1) is 5.60 Å². The number of aryl methyl sites for hydroxylation is 2. The lowest BCUT2D eigenvalue weighted by Gasteiger charge is -2.17. The van der Waals surface area contributed by atoms with Crippen LogP contribution in [0.3, 0.4) is 0 Å². The summed E-state index contributed by atoms with van der Waals surface area (Å²) in [6.45, 7) is 3.62. The first-order chi connectivity index (χ1) is 8.55. The highest BCUT2D eigenvalue weighted by Gasteiger charge is 2.14. The van der Waals surface area contributed by atoms with Crippen LogP contribution in [0.4, 0.5) is 0 Å².